The predicted molar refractivity (Wildman–Crippen MR) is 91.5 cm³/mol. The van der Waals surface area contributed by atoms with Gasteiger partial charge >= 0.3 is 0 Å². The molecule has 1 aliphatic rings. The molecule has 0 bridgehead atoms. The van der Waals surface area contributed by atoms with Crippen molar-refractivity contribution in [2.24, 2.45) is 5.41 Å². The van der Waals surface area contributed by atoms with E-state index in [0.29, 0.717) is 11.5 Å². The topological polar surface area (TPSA) is 21.3 Å². The third-order valence-electron chi connectivity index (χ3n) is 3.69. The lowest BCUT2D eigenvalue weighted by Crippen LogP contribution is -2.41. The van der Waals surface area contributed by atoms with Crippen LogP contribution in [0.25, 0.3) is 0 Å². The van der Waals surface area contributed by atoms with E-state index in [1.54, 1.807) is 7.11 Å². The number of ether oxygens (including phenoxy) is 1. The molecular weight excluding hydrogens is 390 g/mol. The number of rotatable bonds is 3. The molecule has 1 aromatic carbocycles. The molecule has 0 amide bonds. The van der Waals surface area contributed by atoms with Gasteiger partial charge in [0.15, 0.2) is 0 Å². The Morgan fingerprint density at radius 2 is 2.05 bits per heavy atom. The minimum absolute atomic E-state index is 0.324. The molecule has 5 heteroatoms. The van der Waals surface area contributed by atoms with Gasteiger partial charge in [0, 0.05) is 22.3 Å². The summed E-state index contributed by atoms with van der Waals surface area (Å²) < 4.78 is 7.39. The maximum atomic E-state index is 5.37. The number of benzene rings is 1. The summed E-state index contributed by atoms with van der Waals surface area (Å²) in [5.74, 6) is 3.26. The molecule has 0 spiro atoms. The Hall–Kier alpha value is 0.130. The van der Waals surface area contributed by atoms with Crippen molar-refractivity contribution < 1.29 is 4.74 Å². The zero-order valence-electron chi connectivity index (χ0n) is 11.4. The molecule has 1 heterocycles. The van der Waals surface area contributed by atoms with Crippen molar-refractivity contribution in [1.82, 2.24) is 0 Å². The highest BCUT2D eigenvalue weighted by Crippen LogP contribution is 2.39. The smallest absolute Gasteiger partial charge is 0.135 e. The third-order valence-corrected chi connectivity index (χ3v) is 6.03. The highest BCUT2D eigenvalue weighted by Gasteiger charge is 2.32. The summed E-state index contributed by atoms with van der Waals surface area (Å²) in [5.41, 5.74) is 1.42. The lowest BCUT2D eigenvalue weighted by molar-refractivity contribution is 0.305. The van der Waals surface area contributed by atoms with Crippen LogP contribution in [0, 0.1) is 5.41 Å². The van der Waals surface area contributed by atoms with E-state index >= 15 is 0 Å². The number of halogens is 2. The molecule has 2 rings (SSSR count). The van der Waals surface area contributed by atoms with Crippen LogP contribution in [0.2, 0.25) is 0 Å². The van der Waals surface area contributed by atoms with Gasteiger partial charge in [0.1, 0.15) is 5.75 Å². The van der Waals surface area contributed by atoms with Crippen molar-refractivity contribution in [1.29, 1.82) is 0 Å². The highest BCUT2D eigenvalue weighted by molar-refractivity contribution is 9.11. The summed E-state index contributed by atoms with van der Waals surface area (Å²) >= 11 is 9.15. The molecule has 1 fully saturated rings. The highest BCUT2D eigenvalue weighted by atomic mass is 79.9. The van der Waals surface area contributed by atoms with Crippen LogP contribution in [-0.4, -0.2) is 24.7 Å². The van der Waals surface area contributed by atoms with E-state index in [1.165, 1.54) is 12.2 Å². The Kier molecular flexibility index (Phi) is 5.12. The van der Waals surface area contributed by atoms with Crippen LogP contribution in [0.5, 0.6) is 5.75 Å². The third kappa shape index (κ3) is 3.61. The van der Waals surface area contributed by atoms with Gasteiger partial charge in [-0.25, -0.2) is 0 Å². The molecule has 2 nitrogen and oxygen atoms in total. The van der Waals surface area contributed by atoms with Crippen LogP contribution in [0.1, 0.15) is 20.3 Å². The lowest BCUT2D eigenvalue weighted by Gasteiger charge is -2.39. The Labute approximate surface area is 136 Å². The fourth-order valence-corrected chi connectivity index (χ4v) is 5.03. The van der Waals surface area contributed by atoms with Gasteiger partial charge in [0.25, 0.3) is 0 Å². The Morgan fingerprint density at radius 1 is 1.32 bits per heavy atom. The Morgan fingerprint density at radius 3 is 2.68 bits per heavy atom. The van der Waals surface area contributed by atoms with Gasteiger partial charge < -0.3 is 10.1 Å². The van der Waals surface area contributed by atoms with Gasteiger partial charge in [0.2, 0.25) is 0 Å². The number of hydrogen-bond donors (Lipinski definition) is 1. The van der Waals surface area contributed by atoms with Gasteiger partial charge in [-0.05, 0) is 55.5 Å². The summed E-state index contributed by atoms with van der Waals surface area (Å²) in [4.78, 5) is 0. The monoisotopic (exact) mass is 407 g/mol. The van der Waals surface area contributed by atoms with Crippen LogP contribution < -0.4 is 10.1 Å². The van der Waals surface area contributed by atoms with Crippen LogP contribution in [-0.2, 0) is 0 Å². The first-order valence-corrected chi connectivity index (χ1v) is 9.05. The fraction of sp³-hybridized carbons (Fsp3) is 0.571. The molecule has 0 saturated carbocycles. The van der Waals surface area contributed by atoms with Crippen molar-refractivity contribution in [3.8, 4) is 5.75 Å². The molecule has 0 aliphatic carbocycles. The second-order valence-electron chi connectivity index (χ2n) is 5.48. The lowest BCUT2D eigenvalue weighted by atomic mass is 9.82. The number of anilines is 1. The van der Waals surface area contributed by atoms with Crippen LogP contribution >= 0.6 is 43.6 Å². The molecule has 1 saturated heterocycles. The normalized spacial score (nSPS) is 22.1. The van der Waals surface area contributed by atoms with Crippen molar-refractivity contribution in [2.45, 2.75) is 26.3 Å². The minimum atomic E-state index is 0.324. The fourth-order valence-electron chi connectivity index (χ4n) is 2.16. The molecule has 1 aromatic rings. The quantitative estimate of drug-likeness (QED) is 0.745. The number of nitrogens with one attached hydrogen (secondary N) is 1. The SMILES string of the molecule is COc1cc(NC2CSCCC2(C)C)c(Br)cc1Br. The molecule has 0 aromatic heterocycles. The first-order chi connectivity index (χ1) is 8.94. The van der Waals surface area contributed by atoms with Crippen LogP contribution in [0.4, 0.5) is 5.69 Å². The summed E-state index contributed by atoms with van der Waals surface area (Å²) in [5, 5.41) is 3.67. The molecule has 1 aliphatic heterocycles. The van der Waals surface area contributed by atoms with Crippen molar-refractivity contribution in [3.05, 3.63) is 21.1 Å². The molecule has 1 atom stereocenters. The largest absolute Gasteiger partial charge is 0.495 e. The summed E-state index contributed by atoms with van der Waals surface area (Å²) in [6.45, 7) is 4.68. The van der Waals surface area contributed by atoms with Crippen molar-refractivity contribution in [2.75, 3.05) is 23.9 Å². The van der Waals surface area contributed by atoms with Crippen LogP contribution in [0.15, 0.2) is 21.1 Å². The molecule has 1 N–H and O–H groups in total. The summed E-state index contributed by atoms with van der Waals surface area (Å²) in [7, 11) is 1.69. The molecular formula is C14H19Br2NOS. The Bertz CT molecular complexity index is 465. The van der Waals surface area contributed by atoms with Gasteiger partial charge in [0.05, 0.1) is 17.3 Å². The second-order valence-corrected chi connectivity index (χ2v) is 8.34. The first-order valence-electron chi connectivity index (χ1n) is 6.31. The van der Waals surface area contributed by atoms with Gasteiger partial charge in [-0.1, -0.05) is 13.8 Å². The van der Waals surface area contributed by atoms with E-state index in [0.717, 1.165) is 26.1 Å². The van der Waals surface area contributed by atoms with Gasteiger partial charge in [-0.3, -0.25) is 0 Å². The predicted octanol–water partition coefficient (Wildman–Crippen LogP) is 5.16. The Balaban J connectivity index is 2.23. The van der Waals surface area contributed by atoms with Crippen LogP contribution in [0.3, 0.4) is 0 Å². The maximum absolute atomic E-state index is 5.37. The number of hydrogen-bond acceptors (Lipinski definition) is 3. The maximum Gasteiger partial charge on any atom is 0.135 e. The molecule has 0 radical (unpaired) electrons. The number of methoxy groups -OCH3 is 1. The average molecular weight is 409 g/mol. The first kappa shape index (κ1) is 15.5. The van der Waals surface area contributed by atoms with Crippen molar-refractivity contribution in [3.63, 3.8) is 0 Å². The summed E-state index contributed by atoms with van der Waals surface area (Å²) in [6.07, 6.45) is 1.25. The van der Waals surface area contributed by atoms with Gasteiger partial charge in [-0.2, -0.15) is 11.8 Å². The average Bonchev–Trinajstić information content (AvgIpc) is 2.34. The van der Waals surface area contributed by atoms with Crippen molar-refractivity contribution >= 4 is 49.3 Å². The minimum Gasteiger partial charge on any atom is -0.495 e. The van der Waals surface area contributed by atoms with E-state index in [9.17, 15) is 0 Å². The standard InChI is InChI=1S/C14H19Br2NOS/c1-14(2)4-5-19-8-13(14)17-11-7-12(18-3)10(16)6-9(11)15/h6-7,13,17H,4-5,8H2,1-3H3. The van der Waals surface area contributed by atoms with E-state index in [-0.39, 0.29) is 0 Å². The molecule has 1 unspecified atom stereocenters. The van der Waals surface area contributed by atoms with E-state index in [1.807, 2.05) is 23.9 Å². The number of thioether (sulfide) groups is 1. The van der Waals surface area contributed by atoms with E-state index in [2.05, 4.69) is 51.0 Å². The van der Waals surface area contributed by atoms with E-state index < -0.39 is 0 Å². The zero-order valence-corrected chi connectivity index (χ0v) is 15.4. The summed E-state index contributed by atoms with van der Waals surface area (Å²) in [6, 6.07) is 4.56. The zero-order chi connectivity index (χ0) is 14.0. The van der Waals surface area contributed by atoms with E-state index in [4.69, 9.17) is 4.74 Å². The molecule has 19 heavy (non-hydrogen) atoms. The van der Waals surface area contributed by atoms with Gasteiger partial charge in [-0.15, -0.1) is 0 Å². The molecule has 106 valence electrons. The second kappa shape index (κ2) is 6.27.